The number of hydrogen-bond acceptors (Lipinski definition) is 4. The average Bonchev–Trinajstić information content (AvgIpc) is 2.48. The molecule has 1 rings (SSSR count). The van der Waals surface area contributed by atoms with Crippen molar-refractivity contribution in [2.45, 2.75) is 13.8 Å². The van der Waals surface area contributed by atoms with Crippen LogP contribution in [0, 0.1) is 13.8 Å². The highest BCUT2D eigenvalue weighted by atomic mass is 16.5. The predicted molar refractivity (Wildman–Crippen MR) is 83.7 cm³/mol. The molecule has 0 aromatic heterocycles. The molecule has 1 N–H and O–H groups in total. The minimum atomic E-state index is -0.466. The van der Waals surface area contributed by atoms with Crippen LogP contribution in [0.15, 0.2) is 24.8 Å². The summed E-state index contributed by atoms with van der Waals surface area (Å²) in [4.78, 5) is 36.3. The first-order valence-electron chi connectivity index (χ1n) is 6.67. The van der Waals surface area contributed by atoms with Crippen molar-refractivity contribution in [2.24, 2.45) is 0 Å². The number of benzene rings is 1. The number of carbonyl (C=O) groups excluding carboxylic acids is 3. The van der Waals surface area contributed by atoms with Crippen LogP contribution in [0.25, 0.3) is 0 Å². The van der Waals surface area contributed by atoms with E-state index in [1.165, 1.54) is 19.1 Å². The maximum absolute atomic E-state index is 12.0. The van der Waals surface area contributed by atoms with Crippen molar-refractivity contribution in [3.05, 3.63) is 41.5 Å². The van der Waals surface area contributed by atoms with Gasteiger partial charge < -0.3 is 15.0 Å². The molecule has 0 bridgehead atoms. The van der Waals surface area contributed by atoms with Crippen molar-refractivity contribution in [1.29, 1.82) is 0 Å². The third-order valence-corrected chi connectivity index (χ3v) is 3.18. The Kier molecular flexibility index (Phi) is 5.86. The molecule has 22 heavy (non-hydrogen) atoms. The molecule has 0 unspecified atom stereocenters. The third-order valence-electron chi connectivity index (χ3n) is 3.18. The molecule has 1 aromatic rings. The summed E-state index contributed by atoms with van der Waals surface area (Å²) in [6.07, 6.45) is 1.14. The van der Waals surface area contributed by atoms with E-state index < -0.39 is 5.97 Å². The summed E-state index contributed by atoms with van der Waals surface area (Å²) in [5.74, 6) is -1.17. The summed E-state index contributed by atoms with van der Waals surface area (Å²) in [5.41, 5.74) is 2.48. The van der Waals surface area contributed by atoms with Crippen LogP contribution in [0.4, 0.5) is 5.69 Å². The Bertz CT molecular complexity index is 623. The molecule has 0 saturated carbocycles. The molecule has 0 radical (unpaired) electrons. The molecule has 0 aliphatic carbocycles. The maximum Gasteiger partial charge on any atom is 0.338 e. The molecule has 0 saturated heterocycles. The highest BCUT2D eigenvalue weighted by Gasteiger charge is 2.15. The predicted octanol–water partition coefficient (Wildman–Crippen LogP) is 1.67. The van der Waals surface area contributed by atoms with Crippen molar-refractivity contribution in [3.8, 4) is 0 Å². The van der Waals surface area contributed by atoms with Crippen LogP contribution in [-0.2, 0) is 14.3 Å². The lowest BCUT2D eigenvalue weighted by atomic mass is 10.0. The molecule has 118 valence electrons. The van der Waals surface area contributed by atoms with Crippen LogP contribution in [0.2, 0.25) is 0 Å². The Hall–Kier alpha value is -2.63. The SMILES string of the molecule is C=CC(=O)N(C)CC(=O)Nc1cc(C(=O)OC)c(C)cc1C. The van der Waals surface area contributed by atoms with E-state index in [1.54, 1.807) is 19.1 Å². The first-order valence-corrected chi connectivity index (χ1v) is 6.67. The number of ether oxygens (including phenoxy) is 1. The summed E-state index contributed by atoms with van der Waals surface area (Å²) < 4.78 is 4.71. The van der Waals surface area contributed by atoms with Crippen LogP contribution < -0.4 is 5.32 Å². The van der Waals surface area contributed by atoms with E-state index in [0.29, 0.717) is 11.3 Å². The molecule has 6 nitrogen and oxygen atoms in total. The Morgan fingerprint density at radius 3 is 2.45 bits per heavy atom. The number of nitrogens with zero attached hydrogens (tertiary/aromatic N) is 1. The van der Waals surface area contributed by atoms with Gasteiger partial charge in [-0.1, -0.05) is 12.6 Å². The second-order valence-corrected chi connectivity index (χ2v) is 4.92. The van der Waals surface area contributed by atoms with Gasteiger partial charge in [-0.15, -0.1) is 0 Å². The summed E-state index contributed by atoms with van der Waals surface area (Å²) in [6.45, 7) is 6.87. The molecule has 0 aliphatic heterocycles. The Balaban J connectivity index is 2.93. The van der Waals surface area contributed by atoms with Gasteiger partial charge in [-0.05, 0) is 37.1 Å². The van der Waals surface area contributed by atoms with Gasteiger partial charge in [0.1, 0.15) is 0 Å². The van der Waals surface area contributed by atoms with E-state index in [9.17, 15) is 14.4 Å². The van der Waals surface area contributed by atoms with Crippen LogP contribution >= 0.6 is 0 Å². The van der Waals surface area contributed by atoms with Crippen LogP contribution in [0.3, 0.4) is 0 Å². The average molecular weight is 304 g/mol. The number of esters is 1. The van der Waals surface area contributed by atoms with E-state index in [1.807, 2.05) is 6.92 Å². The van der Waals surface area contributed by atoms with Crippen molar-refractivity contribution in [1.82, 2.24) is 4.90 Å². The fourth-order valence-electron chi connectivity index (χ4n) is 1.96. The van der Waals surface area contributed by atoms with Gasteiger partial charge in [0, 0.05) is 12.7 Å². The lowest BCUT2D eigenvalue weighted by molar-refractivity contribution is -0.129. The minimum absolute atomic E-state index is 0.105. The second-order valence-electron chi connectivity index (χ2n) is 4.92. The zero-order chi connectivity index (χ0) is 16.9. The van der Waals surface area contributed by atoms with E-state index >= 15 is 0 Å². The van der Waals surface area contributed by atoms with Gasteiger partial charge in [-0.2, -0.15) is 0 Å². The fourth-order valence-corrected chi connectivity index (χ4v) is 1.96. The number of carbonyl (C=O) groups is 3. The molecule has 6 heteroatoms. The molecule has 0 aliphatic rings. The Morgan fingerprint density at radius 1 is 1.27 bits per heavy atom. The van der Waals surface area contributed by atoms with E-state index in [-0.39, 0.29) is 18.4 Å². The highest BCUT2D eigenvalue weighted by molar-refractivity contribution is 5.98. The molecule has 1 aromatic carbocycles. The summed E-state index contributed by atoms with van der Waals surface area (Å²) in [6, 6.07) is 3.37. The number of nitrogens with one attached hydrogen (secondary N) is 1. The first kappa shape index (κ1) is 17.4. The zero-order valence-electron chi connectivity index (χ0n) is 13.2. The molecule has 0 fully saturated rings. The van der Waals surface area contributed by atoms with Gasteiger partial charge in [-0.3, -0.25) is 9.59 Å². The number of hydrogen-bond donors (Lipinski definition) is 1. The van der Waals surface area contributed by atoms with Gasteiger partial charge >= 0.3 is 5.97 Å². The number of methoxy groups -OCH3 is 1. The Labute approximate surface area is 129 Å². The molecule has 0 atom stereocenters. The molecule has 0 heterocycles. The lowest BCUT2D eigenvalue weighted by Crippen LogP contribution is -2.34. The molecular weight excluding hydrogens is 284 g/mol. The van der Waals surface area contributed by atoms with Crippen LogP contribution in [0.5, 0.6) is 0 Å². The van der Waals surface area contributed by atoms with Crippen LogP contribution in [-0.4, -0.2) is 43.4 Å². The normalized spacial score (nSPS) is 9.82. The third kappa shape index (κ3) is 4.18. The minimum Gasteiger partial charge on any atom is -0.465 e. The van der Waals surface area contributed by atoms with E-state index in [4.69, 9.17) is 4.74 Å². The molecular formula is C16H20N2O4. The summed E-state index contributed by atoms with van der Waals surface area (Å²) in [7, 11) is 2.81. The van der Waals surface area contributed by atoms with Gasteiger partial charge in [0.25, 0.3) is 0 Å². The fraction of sp³-hybridized carbons (Fsp3) is 0.312. The summed E-state index contributed by atoms with van der Waals surface area (Å²) in [5, 5.41) is 2.69. The number of anilines is 1. The van der Waals surface area contributed by atoms with Gasteiger partial charge in [-0.25, -0.2) is 4.79 Å². The summed E-state index contributed by atoms with van der Waals surface area (Å²) >= 11 is 0. The highest BCUT2D eigenvalue weighted by Crippen LogP contribution is 2.21. The van der Waals surface area contributed by atoms with Crippen molar-refractivity contribution in [3.63, 3.8) is 0 Å². The maximum atomic E-state index is 12.0. The molecule has 2 amide bonds. The standard InChI is InChI=1S/C16H20N2O4/c1-6-15(20)18(4)9-14(19)17-13-8-12(16(21)22-5)10(2)7-11(13)3/h6-8H,1,9H2,2-5H3,(H,17,19). The number of likely N-dealkylation sites (N-methyl/N-ethyl adjacent to an activating group) is 1. The zero-order valence-corrected chi connectivity index (χ0v) is 13.2. The van der Waals surface area contributed by atoms with Gasteiger partial charge in [0.2, 0.25) is 11.8 Å². The van der Waals surface area contributed by atoms with Crippen molar-refractivity contribution in [2.75, 3.05) is 26.0 Å². The van der Waals surface area contributed by atoms with Crippen LogP contribution in [0.1, 0.15) is 21.5 Å². The topological polar surface area (TPSA) is 75.7 Å². The quantitative estimate of drug-likeness (QED) is 0.663. The van der Waals surface area contributed by atoms with Gasteiger partial charge in [0.15, 0.2) is 0 Å². The lowest BCUT2D eigenvalue weighted by Gasteiger charge is -2.16. The Morgan fingerprint density at radius 2 is 1.91 bits per heavy atom. The first-order chi connectivity index (χ1) is 10.3. The van der Waals surface area contributed by atoms with E-state index in [0.717, 1.165) is 17.2 Å². The van der Waals surface area contributed by atoms with Crippen molar-refractivity contribution < 1.29 is 19.1 Å². The second kappa shape index (κ2) is 7.40. The van der Waals surface area contributed by atoms with E-state index in [2.05, 4.69) is 11.9 Å². The largest absolute Gasteiger partial charge is 0.465 e. The van der Waals surface area contributed by atoms with Crippen molar-refractivity contribution >= 4 is 23.5 Å². The smallest absolute Gasteiger partial charge is 0.338 e. The van der Waals surface area contributed by atoms with Gasteiger partial charge in [0.05, 0.1) is 19.2 Å². The number of aryl methyl sites for hydroxylation is 2. The number of rotatable bonds is 5. The molecule has 0 spiro atoms. The monoisotopic (exact) mass is 304 g/mol. The number of amides is 2.